The highest BCUT2D eigenvalue weighted by molar-refractivity contribution is 5.31. The summed E-state index contributed by atoms with van der Waals surface area (Å²) in [5, 5.41) is 11.2. The molecule has 0 radical (unpaired) electrons. The third-order valence-electron chi connectivity index (χ3n) is 6.46. The molecule has 1 N–H and O–H groups in total. The van der Waals surface area contributed by atoms with E-state index in [1.807, 2.05) is 31.2 Å². The van der Waals surface area contributed by atoms with Crippen LogP contribution in [-0.2, 0) is 4.74 Å². The molecule has 0 amide bonds. The molecule has 2 aliphatic rings. The van der Waals surface area contributed by atoms with Gasteiger partial charge in [-0.1, -0.05) is 48.5 Å². The maximum Gasteiger partial charge on any atom is 0.134 e. The van der Waals surface area contributed by atoms with Crippen molar-refractivity contribution in [3.8, 4) is 5.75 Å². The van der Waals surface area contributed by atoms with E-state index < -0.39 is 5.60 Å². The van der Waals surface area contributed by atoms with Crippen LogP contribution < -0.4 is 4.74 Å². The van der Waals surface area contributed by atoms with E-state index in [1.54, 1.807) is 0 Å². The summed E-state index contributed by atoms with van der Waals surface area (Å²) in [4.78, 5) is 2.44. The number of rotatable bonds is 5. The van der Waals surface area contributed by atoms with Gasteiger partial charge in [-0.3, -0.25) is 4.90 Å². The molecule has 1 heterocycles. The first kappa shape index (κ1) is 20.4. The number of aryl methyl sites for hydroxylation is 1. The molecular formula is C25H33NO3. The smallest absolute Gasteiger partial charge is 0.134 e. The zero-order valence-corrected chi connectivity index (χ0v) is 17.4. The highest BCUT2D eigenvalue weighted by Crippen LogP contribution is 2.35. The molecule has 0 bridgehead atoms. The summed E-state index contributed by atoms with van der Waals surface area (Å²) in [5.74, 6) is 1.50. The van der Waals surface area contributed by atoms with E-state index in [0.717, 1.165) is 17.9 Å². The Balaban J connectivity index is 1.35. The number of aliphatic hydroxyl groups is 1. The van der Waals surface area contributed by atoms with Gasteiger partial charge in [-0.15, -0.1) is 0 Å². The molecule has 2 aromatic rings. The van der Waals surface area contributed by atoms with Gasteiger partial charge in [-0.05, 0) is 55.7 Å². The number of benzene rings is 2. The maximum atomic E-state index is 11.2. The second-order valence-corrected chi connectivity index (χ2v) is 8.72. The molecule has 1 saturated carbocycles. The largest absolute Gasteiger partial charge is 0.490 e. The Hall–Kier alpha value is -1.88. The van der Waals surface area contributed by atoms with Crippen LogP contribution in [0.4, 0.5) is 0 Å². The second kappa shape index (κ2) is 9.29. The number of hydrogen-bond donors (Lipinski definition) is 1. The quantitative estimate of drug-likeness (QED) is 0.825. The van der Waals surface area contributed by atoms with Gasteiger partial charge in [0, 0.05) is 19.1 Å². The lowest BCUT2D eigenvalue weighted by atomic mass is 9.81. The predicted octanol–water partition coefficient (Wildman–Crippen LogP) is 4.16. The van der Waals surface area contributed by atoms with Gasteiger partial charge in [0.1, 0.15) is 18.0 Å². The molecule has 1 saturated heterocycles. The van der Waals surface area contributed by atoms with E-state index in [1.165, 1.54) is 31.2 Å². The number of hydrogen-bond acceptors (Lipinski definition) is 4. The Kier molecular flexibility index (Phi) is 6.53. The molecule has 0 aromatic heterocycles. The van der Waals surface area contributed by atoms with Crippen LogP contribution in [0.5, 0.6) is 5.75 Å². The van der Waals surface area contributed by atoms with Crippen molar-refractivity contribution in [1.29, 1.82) is 0 Å². The molecule has 29 heavy (non-hydrogen) atoms. The summed E-state index contributed by atoms with van der Waals surface area (Å²) in [6.45, 7) is 4.78. The number of ether oxygens (including phenoxy) is 2. The molecule has 4 nitrogen and oxygen atoms in total. The van der Waals surface area contributed by atoms with E-state index in [0.29, 0.717) is 31.7 Å². The number of para-hydroxylation sites is 1. The SMILES string of the molecule is Cc1ccccc1OC[C@]1(O)COCCN(C2CCC(c3ccccc3)CC2)C1. The Morgan fingerprint density at radius 1 is 1.03 bits per heavy atom. The van der Waals surface area contributed by atoms with Crippen LogP contribution in [0.2, 0.25) is 0 Å². The Labute approximate surface area is 174 Å². The summed E-state index contributed by atoms with van der Waals surface area (Å²) >= 11 is 0. The number of nitrogens with zero attached hydrogens (tertiary/aromatic N) is 1. The molecule has 156 valence electrons. The predicted molar refractivity (Wildman–Crippen MR) is 115 cm³/mol. The van der Waals surface area contributed by atoms with Crippen LogP contribution in [0, 0.1) is 6.92 Å². The highest BCUT2D eigenvalue weighted by atomic mass is 16.5. The van der Waals surface area contributed by atoms with Crippen molar-refractivity contribution in [2.24, 2.45) is 0 Å². The molecule has 2 fully saturated rings. The Morgan fingerprint density at radius 3 is 2.52 bits per heavy atom. The molecule has 0 unspecified atom stereocenters. The highest BCUT2D eigenvalue weighted by Gasteiger charge is 2.37. The topological polar surface area (TPSA) is 41.9 Å². The fraction of sp³-hybridized carbons (Fsp3) is 0.520. The minimum Gasteiger partial charge on any atom is -0.490 e. The molecule has 0 spiro atoms. The van der Waals surface area contributed by atoms with Crippen molar-refractivity contribution in [2.75, 3.05) is 32.9 Å². The van der Waals surface area contributed by atoms with E-state index in [4.69, 9.17) is 9.47 Å². The van der Waals surface area contributed by atoms with Crippen LogP contribution in [0.25, 0.3) is 0 Å². The fourth-order valence-corrected chi connectivity index (χ4v) is 4.78. The third-order valence-corrected chi connectivity index (χ3v) is 6.46. The molecule has 1 atom stereocenters. The average Bonchev–Trinajstić information content (AvgIpc) is 2.96. The normalized spacial score (nSPS) is 28.6. The molecule has 4 rings (SSSR count). The Bertz CT molecular complexity index is 773. The van der Waals surface area contributed by atoms with Gasteiger partial charge in [0.05, 0.1) is 13.2 Å². The summed E-state index contributed by atoms with van der Waals surface area (Å²) in [6, 6.07) is 19.4. The monoisotopic (exact) mass is 395 g/mol. The van der Waals surface area contributed by atoms with Gasteiger partial charge in [-0.2, -0.15) is 0 Å². The molecular weight excluding hydrogens is 362 g/mol. The average molecular weight is 396 g/mol. The van der Waals surface area contributed by atoms with Gasteiger partial charge >= 0.3 is 0 Å². The van der Waals surface area contributed by atoms with Gasteiger partial charge in [0.25, 0.3) is 0 Å². The maximum absolute atomic E-state index is 11.2. The van der Waals surface area contributed by atoms with Crippen molar-refractivity contribution >= 4 is 0 Å². The van der Waals surface area contributed by atoms with E-state index in [9.17, 15) is 5.11 Å². The first-order chi connectivity index (χ1) is 14.1. The van der Waals surface area contributed by atoms with Crippen LogP contribution in [0.1, 0.15) is 42.7 Å². The van der Waals surface area contributed by atoms with Crippen molar-refractivity contribution < 1.29 is 14.6 Å². The zero-order valence-electron chi connectivity index (χ0n) is 17.4. The van der Waals surface area contributed by atoms with E-state index >= 15 is 0 Å². The lowest BCUT2D eigenvalue weighted by Crippen LogP contribution is -2.52. The van der Waals surface area contributed by atoms with Crippen LogP contribution >= 0.6 is 0 Å². The standard InChI is InChI=1S/C25H33NO3/c1-20-7-5-6-10-24(20)29-19-25(27)17-26(15-16-28-18-25)23-13-11-22(12-14-23)21-8-3-2-4-9-21/h2-10,22-23,27H,11-19H2,1H3/t22?,23?,25-/m1/s1. The zero-order chi connectivity index (χ0) is 20.1. The fourth-order valence-electron chi connectivity index (χ4n) is 4.78. The van der Waals surface area contributed by atoms with E-state index in [2.05, 4.69) is 35.2 Å². The van der Waals surface area contributed by atoms with Crippen molar-refractivity contribution in [2.45, 2.75) is 50.2 Å². The minimum absolute atomic E-state index is 0.258. The van der Waals surface area contributed by atoms with Crippen molar-refractivity contribution in [3.05, 3.63) is 65.7 Å². The van der Waals surface area contributed by atoms with Gasteiger partial charge < -0.3 is 14.6 Å². The van der Waals surface area contributed by atoms with Crippen LogP contribution in [-0.4, -0.2) is 54.6 Å². The van der Waals surface area contributed by atoms with Gasteiger partial charge in [0.2, 0.25) is 0 Å². The molecule has 4 heteroatoms. The minimum atomic E-state index is -0.977. The third kappa shape index (κ3) is 5.19. The number of β-amino-alcohol motifs (C(OH)–C–C–N with tert-alkyl or cyclic N) is 1. The van der Waals surface area contributed by atoms with Crippen molar-refractivity contribution in [3.63, 3.8) is 0 Å². The second-order valence-electron chi connectivity index (χ2n) is 8.72. The van der Waals surface area contributed by atoms with Crippen LogP contribution in [0.15, 0.2) is 54.6 Å². The van der Waals surface area contributed by atoms with E-state index in [-0.39, 0.29) is 6.61 Å². The molecule has 2 aromatic carbocycles. The first-order valence-corrected chi connectivity index (χ1v) is 10.9. The first-order valence-electron chi connectivity index (χ1n) is 10.9. The van der Waals surface area contributed by atoms with Gasteiger partial charge in [-0.25, -0.2) is 0 Å². The summed E-state index contributed by atoms with van der Waals surface area (Å²) in [7, 11) is 0. The summed E-state index contributed by atoms with van der Waals surface area (Å²) in [6.07, 6.45) is 4.77. The van der Waals surface area contributed by atoms with Crippen molar-refractivity contribution in [1.82, 2.24) is 4.90 Å². The van der Waals surface area contributed by atoms with Gasteiger partial charge in [0.15, 0.2) is 0 Å². The van der Waals surface area contributed by atoms with Crippen LogP contribution in [0.3, 0.4) is 0 Å². The lowest BCUT2D eigenvalue weighted by Gasteiger charge is -2.39. The summed E-state index contributed by atoms with van der Waals surface area (Å²) in [5.41, 5.74) is 1.57. The summed E-state index contributed by atoms with van der Waals surface area (Å²) < 4.78 is 11.8. The lowest BCUT2D eigenvalue weighted by molar-refractivity contribution is -0.0684. The Morgan fingerprint density at radius 2 is 1.76 bits per heavy atom. The molecule has 1 aliphatic carbocycles. The molecule has 1 aliphatic heterocycles.